The first kappa shape index (κ1) is 15.5. The molecule has 0 aliphatic heterocycles. The van der Waals surface area contributed by atoms with Crippen LogP contribution in [-0.2, 0) is 6.42 Å². The van der Waals surface area contributed by atoms with Crippen molar-refractivity contribution in [1.29, 1.82) is 5.26 Å². The number of nitrogens with two attached hydrogens (primary N) is 1. The van der Waals surface area contributed by atoms with E-state index in [1.807, 2.05) is 36.4 Å². The molecule has 0 radical (unpaired) electrons. The third kappa shape index (κ3) is 3.33. The maximum Gasteiger partial charge on any atom is 0.136 e. The van der Waals surface area contributed by atoms with Crippen LogP contribution >= 0.6 is 0 Å². The fraction of sp³-hybridized carbons (Fsp3) is 0.105. The third-order valence-corrected chi connectivity index (χ3v) is 3.66. The minimum absolute atomic E-state index is 0.480. The van der Waals surface area contributed by atoms with Gasteiger partial charge in [-0.15, -0.1) is 0 Å². The molecule has 0 aliphatic carbocycles. The molecule has 3 aromatic rings. The van der Waals surface area contributed by atoms with Crippen molar-refractivity contribution in [2.45, 2.75) is 6.42 Å². The second-order valence-corrected chi connectivity index (χ2v) is 5.30. The van der Waals surface area contributed by atoms with Crippen molar-refractivity contribution in [3.05, 3.63) is 71.7 Å². The van der Waals surface area contributed by atoms with E-state index in [0.29, 0.717) is 23.6 Å². The zero-order valence-corrected chi connectivity index (χ0v) is 13.2. The molecule has 0 saturated carbocycles. The molecule has 0 spiro atoms. The number of rotatable bonds is 4. The van der Waals surface area contributed by atoms with Gasteiger partial charge in [0.15, 0.2) is 0 Å². The first-order valence-electron chi connectivity index (χ1n) is 7.44. The van der Waals surface area contributed by atoms with Gasteiger partial charge in [0.05, 0.1) is 18.4 Å². The number of methoxy groups -OCH3 is 1. The summed E-state index contributed by atoms with van der Waals surface area (Å²) < 4.78 is 5.17. The van der Waals surface area contributed by atoms with Crippen molar-refractivity contribution in [2.24, 2.45) is 0 Å². The number of benzene rings is 2. The van der Waals surface area contributed by atoms with Gasteiger partial charge in [-0.1, -0.05) is 12.1 Å². The fourth-order valence-electron chi connectivity index (χ4n) is 2.42. The van der Waals surface area contributed by atoms with E-state index < -0.39 is 0 Å². The van der Waals surface area contributed by atoms with Crippen molar-refractivity contribution in [3.63, 3.8) is 0 Å². The van der Waals surface area contributed by atoms with Gasteiger partial charge in [0.25, 0.3) is 0 Å². The SMILES string of the molecule is COc1ccc(-c2ccnc(Cc3ccc(N)cc3)n2)cc1C#N. The van der Waals surface area contributed by atoms with Crippen LogP contribution in [0, 0.1) is 11.3 Å². The highest BCUT2D eigenvalue weighted by Gasteiger charge is 2.08. The zero-order chi connectivity index (χ0) is 16.9. The van der Waals surface area contributed by atoms with E-state index in [4.69, 9.17) is 10.5 Å². The highest BCUT2D eigenvalue weighted by molar-refractivity contribution is 5.64. The summed E-state index contributed by atoms with van der Waals surface area (Å²) in [5.41, 5.74) is 9.63. The Morgan fingerprint density at radius 2 is 1.92 bits per heavy atom. The minimum Gasteiger partial charge on any atom is -0.495 e. The molecule has 2 aromatic carbocycles. The van der Waals surface area contributed by atoms with E-state index in [1.54, 1.807) is 25.4 Å². The molecule has 118 valence electrons. The molecule has 1 aromatic heterocycles. The molecular formula is C19H16N4O. The summed E-state index contributed by atoms with van der Waals surface area (Å²) >= 11 is 0. The van der Waals surface area contributed by atoms with Gasteiger partial charge in [0.2, 0.25) is 0 Å². The number of anilines is 1. The Kier molecular flexibility index (Phi) is 4.39. The monoisotopic (exact) mass is 316 g/mol. The Labute approximate surface area is 140 Å². The van der Waals surface area contributed by atoms with Crippen molar-refractivity contribution in [1.82, 2.24) is 9.97 Å². The predicted octanol–water partition coefficient (Wildman–Crippen LogP) is 3.20. The van der Waals surface area contributed by atoms with Crippen LogP contribution in [0.3, 0.4) is 0 Å². The van der Waals surface area contributed by atoms with Crippen LogP contribution in [0.25, 0.3) is 11.3 Å². The van der Waals surface area contributed by atoms with Gasteiger partial charge < -0.3 is 10.5 Å². The molecule has 3 rings (SSSR count). The van der Waals surface area contributed by atoms with Crippen LogP contribution < -0.4 is 10.5 Å². The summed E-state index contributed by atoms with van der Waals surface area (Å²) in [5, 5.41) is 9.22. The van der Waals surface area contributed by atoms with E-state index >= 15 is 0 Å². The molecule has 0 atom stereocenters. The zero-order valence-electron chi connectivity index (χ0n) is 13.2. The third-order valence-electron chi connectivity index (χ3n) is 3.66. The highest BCUT2D eigenvalue weighted by atomic mass is 16.5. The number of ether oxygens (including phenoxy) is 1. The topological polar surface area (TPSA) is 84.8 Å². The Morgan fingerprint density at radius 1 is 1.12 bits per heavy atom. The molecule has 0 saturated heterocycles. The lowest BCUT2D eigenvalue weighted by molar-refractivity contribution is 0.413. The molecule has 0 fully saturated rings. The smallest absolute Gasteiger partial charge is 0.136 e. The molecule has 0 bridgehead atoms. The van der Waals surface area contributed by atoms with Gasteiger partial charge in [0, 0.05) is 23.9 Å². The van der Waals surface area contributed by atoms with Crippen molar-refractivity contribution < 1.29 is 4.74 Å². The number of nitrogen functional groups attached to an aromatic ring is 1. The normalized spacial score (nSPS) is 10.2. The molecular weight excluding hydrogens is 300 g/mol. The first-order chi connectivity index (χ1) is 11.7. The van der Waals surface area contributed by atoms with E-state index in [2.05, 4.69) is 16.0 Å². The second-order valence-electron chi connectivity index (χ2n) is 5.30. The number of hydrogen-bond donors (Lipinski definition) is 1. The van der Waals surface area contributed by atoms with E-state index in [1.165, 1.54) is 0 Å². The number of hydrogen-bond acceptors (Lipinski definition) is 5. The summed E-state index contributed by atoms with van der Waals surface area (Å²) in [6, 6.07) is 17.0. The van der Waals surface area contributed by atoms with E-state index in [9.17, 15) is 5.26 Å². The molecule has 5 nitrogen and oxygen atoms in total. The lowest BCUT2D eigenvalue weighted by atomic mass is 10.1. The maximum absolute atomic E-state index is 9.22. The van der Waals surface area contributed by atoms with Gasteiger partial charge in [-0.05, 0) is 42.0 Å². The molecule has 0 amide bonds. The lowest BCUT2D eigenvalue weighted by Gasteiger charge is -2.07. The molecule has 0 aliphatic rings. The molecule has 1 heterocycles. The van der Waals surface area contributed by atoms with Crippen LogP contribution in [-0.4, -0.2) is 17.1 Å². The quantitative estimate of drug-likeness (QED) is 0.747. The Hall–Kier alpha value is -3.39. The van der Waals surface area contributed by atoms with Gasteiger partial charge in [-0.25, -0.2) is 9.97 Å². The Morgan fingerprint density at radius 3 is 2.62 bits per heavy atom. The van der Waals surface area contributed by atoms with Crippen LogP contribution in [0.2, 0.25) is 0 Å². The van der Waals surface area contributed by atoms with Crippen LogP contribution in [0.4, 0.5) is 5.69 Å². The number of nitriles is 1. The van der Waals surface area contributed by atoms with Crippen molar-refractivity contribution >= 4 is 5.69 Å². The molecule has 0 unspecified atom stereocenters. The average molecular weight is 316 g/mol. The summed E-state index contributed by atoms with van der Waals surface area (Å²) in [5.74, 6) is 1.27. The number of aromatic nitrogens is 2. The average Bonchev–Trinajstić information content (AvgIpc) is 2.63. The molecule has 5 heteroatoms. The second kappa shape index (κ2) is 6.80. The first-order valence-corrected chi connectivity index (χ1v) is 7.44. The summed E-state index contributed by atoms with van der Waals surface area (Å²) in [4.78, 5) is 8.93. The van der Waals surface area contributed by atoms with Crippen molar-refractivity contribution in [3.8, 4) is 23.1 Å². The molecule has 24 heavy (non-hydrogen) atoms. The summed E-state index contributed by atoms with van der Waals surface area (Å²) in [6.07, 6.45) is 2.35. The Balaban J connectivity index is 1.90. The largest absolute Gasteiger partial charge is 0.495 e. The highest BCUT2D eigenvalue weighted by Crippen LogP contribution is 2.25. The minimum atomic E-state index is 0.480. The Bertz CT molecular complexity index is 898. The van der Waals surface area contributed by atoms with Crippen molar-refractivity contribution in [2.75, 3.05) is 12.8 Å². The lowest BCUT2D eigenvalue weighted by Crippen LogP contribution is -1.98. The van der Waals surface area contributed by atoms with Gasteiger partial charge in [0.1, 0.15) is 17.6 Å². The van der Waals surface area contributed by atoms with Gasteiger partial charge >= 0.3 is 0 Å². The fourth-order valence-corrected chi connectivity index (χ4v) is 2.42. The standard InChI is InChI=1S/C19H16N4O/c1-24-18-7-4-14(11-15(18)12-20)17-8-9-22-19(23-17)10-13-2-5-16(21)6-3-13/h2-9,11H,10,21H2,1H3. The van der Waals surface area contributed by atoms with Crippen LogP contribution in [0.5, 0.6) is 5.75 Å². The summed E-state index contributed by atoms with van der Waals surface area (Å²) in [7, 11) is 1.55. The predicted molar refractivity (Wildman–Crippen MR) is 92.4 cm³/mol. The van der Waals surface area contributed by atoms with E-state index in [0.717, 1.165) is 22.5 Å². The number of nitrogens with zero attached hydrogens (tertiary/aromatic N) is 3. The van der Waals surface area contributed by atoms with Gasteiger partial charge in [-0.2, -0.15) is 5.26 Å². The summed E-state index contributed by atoms with van der Waals surface area (Å²) in [6.45, 7) is 0. The van der Waals surface area contributed by atoms with Crippen LogP contribution in [0.15, 0.2) is 54.7 Å². The van der Waals surface area contributed by atoms with Crippen LogP contribution in [0.1, 0.15) is 17.0 Å². The maximum atomic E-state index is 9.22. The van der Waals surface area contributed by atoms with Gasteiger partial charge in [-0.3, -0.25) is 0 Å². The van der Waals surface area contributed by atoms with E-state index in [-0.39, 0.29) is 0 Å². The molecule has 2 N–H and O–H groups in total.